The van der Waals surface area contributed by atoms with E-state index in [2.05, 4.69) is 11.4 Å². The van der Waals surface area contributed by atoms with Gasteiger partial charge in [0.1, 0.15) is 5.75 Å². The maximum Gasteiger partial charge on any atom is 0.228 e. The standard InChI is InChI=1S/C14H20N2O2S/c1-16(14(17)11-7-15-8-11)9-10-4-5-13(19-3)12(6-10)18-2/h4-6,11,15H,7-9H2,1-3H3. The lowest BCUT2D eigenvalue weighted by Gasteiger charge is -2.30. The molecule has 1 saturated heterocycles. The molecule has 1 aromatic rings. The quantitative estimate of drug-likeness (QED) is 0.832. The average molecular weight is 280 g/mol. The van der Waals surface area contributed by atoms with Gasteiger partial charge >= 0.3 is 0 Å². The molecule has 0 bridgehead atoms. The summed E-state index contributed by atoms with van der Waals surface area (Å²) in [5.74, 6) is 1.24. The number of hydrogen-bond acceptors (Lipinski definition) is 4. The van der Waals surface area contributed by atoms with Crippen molar-refractivity contribution in [3.63, 3.8) is 0 Å². The second-order valence-corrected chi connectivity index (χ2v) is 5.59. The van der Waals surface area contributed by atoms with Gasteiger partial charge in [-0.05, 0) is 24.0 Å². The molecule has 0 spiro atoms. The van der Waals surface area contributed by atoms with Gasteiger partial charge in [0.2, 0.25) is 5.91 Å². The first-order valence-corrected chi connectivity index (χ1v) is 7.54. The van der Waals surface area contributed by atoms with E-state index in [1.165, 1.54) is 0 Å². The van der Waals surface area contributed by atoms with E-state index in [0.717, 1.165) is 29.3 Å². The Morgan fingerprint density at radius 3 is 2.79 bits per heavy atom. The Balaban J connectivity index is 2.03. The van der Waals surface area contributed by atoms with Gasteiger partial charge in [-0.15, -0.1) is 11.8 Å². The van der Waals surface area contributed by atoms with Gasteiger partial charge in [0.05, 0.1) is 13.0 Å². The summed E-state index contributed by atoms with van der Waals surface area (Å²) < 4.78 is 5.36. The largest absolute Gasteiger partial charge is 0.496 e. The summed E-state index contributed by atoms with van der Waals surface area (Å²) in [5, 5.41) is 3.12. The number of amides is 1. The van der Waals surface area contributed by atoms with Crippen molar-refractivity contribution in [1.29, 1.82) is 0 Å². The van der Waals surface area contributed by atoms with Gasteiger partial charge in [-0.2, -0.15) is 0 Å². The van der Waals surface area contributed by atoms with Crippen molar-refractivity contribution in [2.75, 3.05) is 33.5 Å². The first-order valence-electron chi connectivity index (χ1n) is 6.32. The molecule has 0 atom stereocenters. The molecule has 2 rings (SSSR count). The predicted molar refractivity (Wildman–Crippen MR) is 77.6 cm³/mol. The van der Waals surface area contributed by atoms with Crippen LogP contribution in [-0.2, 0) is 11.3 Å². The Labute approximate surface area is 118 Å². The van der Waals surface area contributed by atoms with E-state index in [9.17, 15) is 4.79 Å². The second-order valence-electron chi connectivity index (χ2n) is 4.74. The maximum atomic E-state index is 12.1. The third-order valence-corrected chi connectivity index (χ3v) is 4.15. The van der Waals surface area contributed by atoms with Crippen LogP contribution in [0.1, 0.15) is 5.56 Å². The van der Waals surface area contributed by atoms with Crippen LogP contribution in [0.3, 0.4) is 0 Å². The molecule has 1 aromatic carbocycles. The number of methoxy groups -OCH3 is 1. The Hall–Kier alpha value is -1.20. The SMILES string of the molecule is COc1cc(CN(C)C(=O)C2CNC2)ccc1SC. The summed E-state index contributed by atoms with van der Waals surface area (Å²) in [6.07, 6.45) is 2.02. The highest BCUT2D eigenvalue weighted by molar-refractivity contribution is 7.98. The van der Waals surface area contributed by atoms with Crippen LogP contribution in [0.4, 0.5) is 0 Å². The van der Waals surface area contributed by atoms with E-state index in [-0.39, 0.29) is 11.8 Å². The van der Waals surface area contributed by atoms with Crippen molar-refractivity contribution in [2.24, 2.45) is 5.92 Å². The molecule has 4 nitrogen and oxygen atoms in total. The summed E-state index contributed by atoms with van der Waals surface area (Å²) in [5.41, 5.74) is 1.10. The smallest absolute Gasteiger partial charge is 0.228 e. The highest BCUT2D eigenvalue weighted by atomic mass is 32.2. The van der Waals surface area contributed by atoms with Crippen LogP contribution in [0.5, 0.6) is 5.75 Å². The molecule has 1 amide bonds. The van der Waals surface area contributed by atoms with Gasteiger partial charge in [-0.25, -0.2) is 0 Å². The molecule has 0 aromatic heterocycles. The highest BCUT2D eigenvalue weighted by Gasteiger charge is 2.27. The van der Waals surface area contributed by atoms with Crippen molar-refractivity contribution in [1.82, 2.24) is 10.2 Å². The van der Waals surface area contributed by atoms with Crippen LogP contribution in [0, 0.1) is 5.92 Å². The van der Waals surface area contributed by atoms with Gasteiger partial charge in [0.15, 0.2) is 0 Å². The Bertz CT molecular complexity index is 461. The fourth-order valence-electron chi connectivity index (χ4n) is 2.11. The number of ether oxygens (including phenoxy) is 1. The number of carbonyl (C=O) groups excluding carboxylic acids is 1. The normalized spacial score (nSPS) is 14.9. The van der Waals surface area contributed by atoms with E-state index in [1.807, 2.05) is 25.4 Å². The fourth-order valence-corrected chi connectivity index (χ4v) is 2.65. The molecule has 0 saturated carbocycles. The van der Waals surface area contributed by atoms with Crippen LogP contribution >= 0.6 is 11.8 Å². The number of benzene rings is 1. The highest BCUT2D eigenvalue weighted by Crippen LogP contribution is 2.28. The minimum Gasteiger partial charge on any atom is -0.496 e. The van der Waals surface area contributed by atoms with E-state index < -0.39 is 0 Å². The molecule has 19 heavy (non-hydrogen) atoms. The molecule has 0 radical (unpaired) electrons. The molecule has 1 N–H and O–H groups in total. The van der Waals surface area contributed by atoms with Crippen LogP contribution in [0.15, 0.2) is 23.1 Å². The summed E-state index contributed by atoms with van der Waals surface area (Å²) in [6.45, 7) is 2.23. The second kappa shape index (κ2) is 6.30. The minimum absolute atomic E-state index is 0.150. The van der Waals surface area contributed by atoms with Gasteiger partial charge in [0.25, 0.3) is 0 Å². The van der Waals surface area contributed by atoms with Crippen LogP contribution in [0.2, 0.25) is 0 Å². The lowest BCUT2D eigenvalue weighted by molar-refractivity contribution is -0.136. The topological polar surface area (TPSA) is 41.6 Å². The van der Waals surface area contributed by atoms with Crippen LogP contribution < -0.4 is 10.1 Å². The molecule has 1 aliphatic heterocycles. The van der Waals surface area contributed by atoms with Gasteiger partial charge in [-0.3, -0.25) is 4.79 Å². The minimum atomic E-state index is 0.150. The van der Waals surface area contributed by atoms with Crippen molar-refractivity contribution in [2.45, 2.75) is 11.4 Å². The van der Waals surface area contributed by atoms with Crippen molar-refractivity contribution < 1.29 is 9.53 Å². The van der Waals surface area contributed by atoms with Crippen LogP contribution in [0.25, 0.3) is 0 Å². The molecule has 1 fully saturated rings. The third kappa shape index (κ3) is 3.22. The predicted octanol–water partition coefficient (Wildman–Crippen LogP) is 1.59. The maximum absolute atomic E-state index is 12.1. The van der Waals surface area contributed by atoms with Gasteiger partial charge in [-0.1, -0.05) is 6.07 Å². The number of nitrogens with zero attached hydrogens (tertiary/aromatic N) is 1. The first kappa shape index (κ1) is 14.2. The lowest BCUT2D eigenvalue weighted by atomic mass is 10.0. The van der Waals surface area contributed by atoms with E-state index in [4.69, 9.17) is 4.74 Å². The summed E-state index contributed by atoms with van der Waals surface area (Å²) in [6, 6.07) is 6.11. The molecular formula is C14H20N2O2S. The van der Waals surface area contributed by atoms with E-state index >= 15 is 0 Å². The number of nitrogens with one attached hydrogen (secondary N) is 1. The Morgan fingerprint density at radius 1 is 1.53 bits per heavy atom. The number of rotatable bonds is 5. The number of thioether (sulfide) groups is 1. The molecule has 0 aliphatic carbocycles. The van der Waals surface area contributed by atoms with Gasteiger partial charge in [0, 0.05) is 31.6 Å². The first-order chi connectivity index (χ1) is 9.15. The summed E-state index contributed by atoms with van der Waals surface area (Å²) in [4.78, 5) is 15.0. The number of carbonyl (C=O) groups is 1. The summed E-state index contributed by atoms with van der Waals surface area (Å²) in [7, 11) is 3.53. The van der Waals surface area contributed by atoms with Gasteiger partial charge < -0.3 is 15.0 Å². The molecule has 1 heterocycles. The molecule has 1 aliphatic rings. The molecule has 5 heteroatoms. The van der Waals surface area contributed by atoms with Crippen LogP contribution in [-0.4, -0.2) is 44.3 Å². The fraction of sp³-hybridized carbons (Fsp3) is 0.500. The van der Waals surface area contributed by atoms with E-state index in [0.29, 0.717) is 6.54 Å². The summed E-state index contributed by atoms with van der Waals surface area (Å²) >= 11 is 1.66. The van der Waals surface area contributed by atoms with E-state index in [1.54, 1.807) is 23.8 Å². The monoisotopic (exact) mass is 280 g/mol. The van der Waals surface area contributed by atoms with Crippen molar-refractivity contribution in [3.05, 3.63) is 23.8 Å². The number of hydrogen-bond donors (Lipinski definition) is 1. The third-order valence-electron chi connectivity index (χ3n) is 3.37. The molecular weight excluding hydrogens is 260 g/mol. The molecule has 104 valence electrons. The van der Waals surface area contributed by atoms with Crippen molar-refractivity contribution >= 4 is 17.7 Å². The van der Waals surface area contributed by atoms with Crippen molar-refractivity contribution in [3.8, 4) is 5.75 Å². The Kier molecular flexibility index (Phi) is 4.71. The molecule has 0 unspecified atom stereocenters. The zero-order valence-electron chi connectivity index (χ0n) is 11.6. The Morgan fingerprint density at radius 2 is 2.26 bits per heavy atom. The average Bonchev–Trinajstić information content (AvgIpc) is 2.36. The lowest BCUT2D eigenvalue weighted by Crippen LogP contribution is -2.50. The zero-order chi connectivity index (χ0) is 13.8. The zero-order valence-corrected chi connectivity index (χ0v) is 12.4.